The molecule has 1 aromatic heterocycles. The molecule has 4 heteroatoms. The lowest BCUT2D eigenvalue weighted by molar-refractivity contribution is 0.384. The summed E-state index contributed by atoms with van der Waals surface area (Å²) < 4.78 is 13.6. The molecule has 0 spiro atoms. The number of imidazole rings is 1. The van der Waals surface area contributed by atoms with E-state index in [1.54, 1.807) is 0 Å². The molecular weight excluding hydrogens is 205 g/mol. The van der Waals surface area contributed by atoms with Gasteiger partial charge >= 0.3 is 0 Å². The minimum atomic E-state index is 0.487. The van der Waals surface area contributed by atoms with E-state index in [9.17, 15) is 4.48 Å². The first-order chi connectivity index (χ1) is 7.77. The monoisotopic (exact) mass is 219 g/mol. The molecule has 0 N–H and O–H groups in total. The minimum absolute atomic E-state index is 0.487. The predicted molar refractivity (Wildman–Crippen MR) is 62.3 cm³/mol. The first kappa shape index (κ1) is 9.63. The number of halogens is 1. The summed E-state index contributed by atoms with van der Waals surface area (Å²) in [5, 5.41) is 0. The standard InChI is InChI=1S/C12H14FN3/c1-9-4-3-7-15(9)11-6-2-5-10-12(11)16(13)8-14-10/h2,5-6,8-9H,3-4,7H2,1H3/t9-/m0/s1. The summed E-state index contributed by atoms with van der Waals surface area (Å²) in [4.78, 5) is 6.92. The molecule has 1 fully saturated rings. The smallest absolute Gasteiger partial charge is 0.127 e. The summed E-state index contributed by atoms with van der Waals surface area (Å²) in [5.41, 5.74) is 2.28. The van der Waals surface area contributed by atoms with Gasteiger partial charge in [-0.3, -0.25) is 0 Å². The molecule has 84 valence electrons. The molecule has 0 aliphatic carbocycles. The summed E-state index contributed by atoms with van der Waals surface area (Å²) in [6.07, 6.45) is 3.59. The van der Waals surface area contributed by atoms with Crippen LogP contribution in [0.4, 0.5) is 10.2 Å². The number of hydrogen-bond donors (Lipinski definition) is 0. The lowest BCUT2D eigenvalue weighted by atomic mass is 10.2. The van der Waals surface area contributed by atoms with Crippen molar-refractivity contribution in [1.29, 1.82) is 0 Å². The molecular formula is C12H14FN3. The highest BCUT2D eigenvalue weighted by molar-refractivity contribution is 5.89. The van der Waals surface area contributed by atoms with Crippen LogP contribution in [0.3, 0.4) is 0 Å². The molecule has 0 amide bonds. The van der Waals surface area contributed by atoms with E-state index in [2.05, 4.69) is 16.8 Å². The molecule has 0 radical (unpaired) electrons. The van der Waals surface area contributed by atoms with Crippen molar-refractivity contribution < 1.29 is 4.48 Å². The first-order valence-corrected chi connectivity index (χ1v) is 5.66. The van der Waals surface area contributed by atoms with Gasteiger partial charge in [0.1, 0.15) is 11.8 Å². The van der Waals surface area contributed by atoms with Crippen molar-refractivity contribution in [3.63, 3.8) is 0 Å². The maximum absolute atomic E-state index is 13.6. The van der Waals surface area contributed by atoms with Gasteiger partial charge in [0, 0.05) is 12.6 Å². The van der Waals surface area contributed by atoms with E-state index in [1.807, 2.05) is 18.2 Å². The summed E-state index contributed by atoms with van der Waals surface area (Å²) in [5.74, 6) is 0. The van der Waals surface area contributed by atoms with Crippen LogP contribution in [0, 0.1) is 0 Å². The maximum Gasteiger partial charge on any atom is 0.127 e. The van der Waals surface area contributed by atoms with E-state index in [0.29, 0.717) is 16.3 Å². The van der Waals surface area contributed by atoms with Crippen molar-refractivity contribution in [1.82, 2.24) is 9.77 Å². The van der Waals surface area contributed by atoms with Crippen molar-refractivity contribution in [2.75, 3.05) is 11.4 Å². The Morgan fingerprint density at radius 3 is 3.06 bits per heavy atom. The summed E-state index contributed by atoms with van der Waals surface area (Å²) in [6, 6.07) is 6.24. The van der Waals surface area contributed by atoms with Crippen LogP contribution >= 0.6 is 0 Å². The van der Waals surface area contributed by atoms with Crippen LogP contribution in [-0.2, 0) is 0 Å². The summed E-state index contributed by atoms with van der Waals surface area (Å²) in [6.45, 7) is 3.19. The van der Waals surface area contributed by atoms with Gasteiger partial charge in [-0.25, -0.2) is 4.98 Å². The highest BCUT2D eigenvalue weighted by atomic mass is 19.2. The van der Waals surface area contributed by atoms with Crippen molar-refractivity contribution in [2.24, 2.45) is 0 Å². The molecule has 1 aliphatic heterocycles. The van der Waals surface area contributed by atoms with E-state index in [4.69, 9.17) is 0 Å². The van der Waals surface area contributed by atoms with E-state index >= 15 is 0 Å². The number of nitrogens with zero attached hydrogens (tertiary/aromatic N) is 3. The molecule has 1 saturated heterocycles. The lowest BCUT2D eigenvalue weighted by Gasteiger charge is -2.24. The van der Waals surface area contributed by atoms with Gasteiger partial charge in [-0.05, 0) is 31.9 Å². The molecule has 1 atom stereocenters. The molecule has 0 unspecified atom stereocenters. The highest BCUT2D eigenvalue weighted by Crippen LogP contribution is 2.31. The van der Waals surface area contributed by atoms with Crippen LogP contribution in [0.5, 0.6) is 0 Å². The van der Waals surface area contributed by atoms with Crippen molar-refractivity contribution >= 4 is 16.7 Å². The third-order valence-corrected chi connectivity index (χ3v) is 3.37. The second-order valence-electron chi connectivity index (χ2n) is 4.39. The fraction of sp³-hybridized carbons (Fsp3) is 0.417. The first-order valence-electron chi connectivity index (χ1n) is 5.66. The molecule has 1 aromatic carbocycles. The van der Waals surface area contributed by atoms with Gasteiger partial charge in [-0.1, -0.05) is 10.5 Å². The Morgan fingerprint density at radius 1 is 1.44 bits per heavy atom. The predicted octanol–water partition coefficient (Wildman–Crippen LogP) is 2.76. The fourth-order valence-corrected chi connectivity index (χ4v) is 2.54. The van der Waals surface area contributed by atoms with Gasteiger partial charge in [0.05, 0.1) is 11.2 Å². The summed E-state index contributed by atoms with van der Waals surface area (Å²) >= 11 is 0. The molecule has 0 bridgehead atoms. The van der Waals surface area contributed by atoms with E-state index < -0.39 is 0 Å². The number of aromatic nitrogens is 2. The van der Waals surface area contributed by atoms with Gasteiger partial charge in [0.25, 0.3) is 0 Å². The maximum atomic E-state index is 13.6. The fourth-order valence-electron chi connectivity index (χ4n) is 2.54. The Morgan fingerprint density at radius 2 is 2.31 bits per heavy atom. The van der Waals surface area contributed by atoms with Crippen LogP contribution in [0.1, 0.15) is 19.8 Å². The third kappa shape index (κ3) is 1.29. The molecule has 16 heavy (non-hydrogen) atoms. The van der Waals surface area contributed by atoms with Gasteiger partial charge in [0.15, 0.2) is 0 Å². The van der Waals surface area contributed by atoms with Gasteiger partial charge in [-0.15, -0.1) is 0 Å². The van der Waals surface area contributed by atoms with E-state index in [1.165, 1.54) is 19.2 Å². The van der Waals surface area contributed by atoms with Crippen molar-refractivity contribution in [3.05, 3.63) is 24.5 Å². The quantitative estimate of drug-likeness (QED) is 0.735. The second-order valence-corrected chi connectivity index (χ2v) is 4.39. The minimum Gasteiger partial charge on any atom is -0.367 e. The Kier molecular flexibility index (Phi) is 2.09. The Bertz CT molecular complexity index is 520. The van der Waals surface area contributed by atoms with Crippen LogP contribution < -0.4 is 4.90 Å². The van der Waals surface area contributed by atoms with E-state index in [0.717, 1.165) is 17.7 Å². The van der Waals surface area contributed by atoms with Crippen LogP contribution in [0.25, 0.3) is 11.0 Å². The molecule has 0 saturated carbocycles. The molecule has 3 rings (SSSR count). The second kappa shape index (κ2) is 3.47. The zero-order valence-corrected chi connectivity index (χ0v) is 9.23. The van der Waals surface area contributed by atoms with Gasteiger partial charge in [-0.2, -0.15) is 4.79 Å². The summed E-state index contributed by atoms with van der Waals surface area (Å²) in [7, 11) is 0. The third-order valence-electron chi connectivity index (χ3n) is 3.37. The highest BCUT2D eigenvalue weighted by Gasteiger charge is 2.23. The van der Waals surface area contributed by atoms with Crippen molar-refractivity contribution in [2.45, 2.75) is 25.8 Å². The molecule has 1 aliphatic rings. The largest absolute Gasteiger partial charge is 0.367 e. The Hall–Kier alpha value is -1.58. The topological polar surface area (TPSA) is 21.1 Å². The van der Waals surface area contributed by atoms with Crippen LogP contribution in [0.15, 0.2) is 24.5 Å². The zero-order chi connectivity index (χ0) is 11.1. The van der Waals surface area contributed by atoms with Crippen molar-refractivity contribution in [3.8, 4) is 0 Å². The van der Waals surface area contributed by atoms with Crippen LogP contribution in [-0.4, -0.2) is 22.4 Å². The number of benzene rings is 1. The molecule has 2 aromatic rings. The average Bonchev–Trinajstić information content (AvgIpc) is 2.86. The van der Waals surface area contributed by atoms with E-state index in [-0.39, 0.29) is 0 Å². The van der Waals surface area contributed by atoms with Gasteiger partial charge in [0.2, 0.25) is 0 Å². The van der Waals surface area contributed by atoms with Gasteiger partial charge < -0.3 is 4.90 Å². The Balaban J connectivity index is 2.18. The SMILES string of the molecule is C[C@H]1CCCN1c1cccc2ncn(F)c12. The number of fused-ring (bicyclic) bond motifs is 1. The number of rotatable bonds is 1. The number of hydrogen-bond acceptors (Lipinski definition) is 2. The van der Waals surface area contributed by atoms with Crippen LogP contribution in [0.2, 0.25) is 0 Å². The molecule has 2 heterocycles. The normalized spacial score (nSPS) is 20.9. The Labute approximate surface area is 93.4 Å². The lowest BCUT2D eigenvalue weighted by Crippen LogP contribution is -2.26. The average molecular weight is 219 g/mol. The number of anilines is 1. The zero-order valence-electron chi connectivity index (χ0n) is 9.23. The number of para-hydroxylation sites is 1. The molecule has 3 nitrogen and oxygen atoms in total.